The van der Waals surface area contributed by atoms with Crippen LogP contribution in [0.3, 0.4) is 0 Å². The molecule has 254 valence electrons. The molecule has 1 heterocycles. The van der Waals surface area contributed by atoms with Crippen molar-refractivity contribution in [3.05, 3.63) is 65.7 Å². The number of hydrogen-bond donors (Lipinski definition) is 2. The van der Waals surface area contributed by atoms with Gasteiger partial charge in [0.05, 0.1) is 26.3 Å². The van der Waals surface area contributed by atoms with Crippen LogP contribution in [0, 0.1) is 0 Å². The zero-order valence-electron chi connectivity index (χ0n) is 28.3. The predicted molar refractivity (Wildman–Crippen MR) is 180 cm³/mol. The minimum absolute atomic E-state index is 0.0713. The van der Waals surface area contributed by atoms with Crippen molar-refractivity contribution < 1.29 is 32.7 Å². The second kappa shape index (κ2) is 18.6. The molecule has 12 heteroatoms. The van der Waals surface area contributed by atoms with Crippen LogP contribution in [0.25, 0.3) is 0 Å². The van der Waals surface area contributed by atoms with Gasteiger partial charge in [0.25, 0.3) is 0 Å². The van der Waals surface area contributed by atoms with Crippen molar-refractivity contribution >= 4 is 26.5 Å². The van der Waals surface area contributed by atoms with Gasteiger partial charge in [-0.2, -0.15) is 0 Å². The summed E-state index contributed by atoms with van der Waals surface area (Å²) in [7, 11) is -0.969. The van der Waals surface area contributed by atoms with Gasteiger partial charge >= 0.3 is 14.7 Å². The summed E-state index contributed by atoms with van der Waals surface area (Å²) < 4.78 is 23.5. The molecule has 1 unspecified atom stereocenters. The fraction of sp³-hybridized carbons (Fsp3) is 0.559. The second-order valence-electron chi connectivity index (χ2n) is 12.1. The van der Waals surface area contributed by atoms with E-state index in [1.165, 1.54) is 0 Å². The van der Waals surface area contributed by atoms with E-state index in [2.05, 4.69) is 43.2 Å². The second-order valence-corrected chi connectivity index (χ2v) is 16.4. The van der Waals surface area contributed by atoms with Crippen molar-refractivity contribution in [2.75, 3.05) is 53.0 Å². The van der Waals surface area contributed by atoms with Crippen LogP contribution in [0.2, 0.25) is 11.1 Å². The number of rotatable bonds is 17. The van der Waals surface area contributed by atoms with Gasteiger partial charge in [0.2, 0.25) is 11.8 Å². The van der Waals surface area contributed by atoms with Crippen molar-refractivity contribution in [2.24, 2.45) is 0 Å². The lowest BCUT2D eigenvalue weighted by Crippen LogP contribution is -2.60. The molecule has 2 aromatic rings. The highest BCUT2D eigenvalue weighted by molar-refractivity contribution is 6.70. The Kier molecular flexibility index (Phi) is 15.0. The smallest absolute Gasteiger partial charge is 0.407 e. The first-order valence-corrected chi connectivity index (χ1v) is 18.2. The van der Waals surface area contributed by atoms with Gasteiger partial charge in [0, 0.05) is 45.8 Å². The molecule has 0 aromatic heterocycles. The SMILES string of the molecule is CCO[Si](OCC1CN(C(=O)CCNC(=O)OCc2ccccc2)CCN1CC(=O)NCc1ccc(OC)cc1)(C(C)C)C(C)C. The molecule has 1 fully saturated rings. The first-order valence-electron chi connectivity index (χ1n) is 16.2. The lowest BCUT2D eigenvalue weighted by Gasteiger charge is -2.44. The van der Waals surface area contributed by atoms with Crippen LogP contribution in [0.4, 0.5) is 4.79 Å². The standard InChI is InChI=1S/C34H52N4O7Si/c1-7-44-46(26(2)3,27(4)5)45-25-30-22-38(33(40)17-18-35-34(41)43-24-29-11-9-8-10-12-29)20-19-37(30)23-32(39)36-21-28-13-15-31(42-6)16-14-28/h8-16,26-27,30H,7,17-25H2,1-6H3,(H,35,41)(H,36,39). The quantitative estimate of drug-likeness (QED) is 0.240. The summed E-state index contributed by atoms with van der Waals surface area (Å²) in [6, 6.07) is 16.8. The molecule has 2 N–H and O–H groups in total. The van der Waals surface area contributed by atoms with E-state index >= 15 is 0 Å². The largest absolute Gasteiger partial charge is 0.497 e. The minimum atomic E-state index is -2.59. The number of hydrogen-bond acceptors (Lipinski definition) is 8. The van der Waals surface area contributed by atoms with Gasteiger partial charge in [0.1, 0.15) is 12.4 Å². The summed E-state index contributed by atoms with van der Waals surface area (Å²) >= 11 is 0. The van der Waals surface area contributed by atoms with E-state index < -0.39 is 14.7 Å². The Morgan fingerprint density at radius 2 is 1.61 bits per heavy atom. The van der Waals surface area contributed by atoms with E-state index in [4.69, 9.17) is 18.3 Å². The van der Waals surface area contributed by atoms with Crippen LogP contribution in [0.5, 0.6) is 5.75 Å². The van der Waals surface area contributed by atoms with E-state index in [1.54, 1.807) is 12.0 Å². The molecule has 0 aliphatic carbocycles. The van der Waals surface area contributed by atoms with Crippen molar-refractivity contribution in [3.63, 3.8) is 0 Å². The monoisotopic (exact) mass is 656 g/mol. The third-order valence-electron chi connectivity index (χ3n) is 8.25. The van der Waals surface area contributed by atoms with Crippen LogP contribution >= 0.6 is 0 Å². The molecule has 0 radical (unpaired) electrons. The zero-order valence-corrected chi connectivity index (χ0v) is 29.3. The number of methoxy groups -OCH3 is 1. The highest BCUT2D eigenvalue weighted by atomic mass is 28.4. The van der Waals surface area contributed by atoms with E-state index in [0.717, 1.165) is 16.9 Å². The Morgan fingerprint density at radius 3 is 2.24 bits per heavy atom. The lowest BCUT2D eigenvalue weighted by atomic mass is 10.1. The molecule has 11 nitrogen and oxygen atoms in total. The summed E-state index contributed by atoms with van der Waals surface area (Å²) in [6.07, 6.45) is -0.417. The molecule has 1 aliphatic heterocycles. The molecule has 2 aromatic carbocycles. The average Bonchev–Trinajstić information content (AvgIpc) is 3.05. The summed E-state index contributed by atoms with van der Waals surface area (Å²) in [5.41, 5.74) is 2.31. The maximum atomic E-state index is 13.2. The van der Waals surface area contributed by atoms with Crippen LogP contribution in [-0.2, 0) is 36.3 Å². The van der Waals surface area contributed by atoms with E-state index in [0.29, 0.717) is 39.4 Å². The van der Waals surface area contributed by atoms with Crippen LogP contribution in [-0.4, -0.2) is 95.4 Å². The molecule has 0 spiro atoms. The third-order valence-corrected chi connectivity index (χ3v) is 12.8. The minimum Gasteiger partial charge on any atom is -0.497 e. The number of amides is 3. The van der Waals surface area contributed by atoms with Gasteiger partial charge in [-0.05, 0) is 41.3 Å². The summed E-state index contributed by atoms with van der Waals surface area (Å²) in [5.74, 6) is 0.594. The molecule has 0 saturated carbocycles. The molecule has 3 amide bonds. The molecule has 0 bridgehead atoms. The van der Waals surface area contributed by atoms with Crippen LogP contribution in [0.15, 0.2) is 54.6 Å². The fourth-order valence-electron chi connectivity index (χ4n) is 5.70. The number of nitrogens with one attached hydrogen (secondary N) is 2. The van der Waals surface area contributed by atoms with E-state index in [1.807, 2.05) is 61.5 Å². The molecular formula is C34H52N4O7Si. The predicted octanol–water partition coefficient (Wildman–Crippen LogP) is 4.46. The molecule has 3 rings (SSSR count). The van der Waals surface area contributed by atoms with Crippen LogP contribution < -0.4 is 15.4 Å². The summed E-state index contributed by atoms with van der Waals surface area (Å²) in [4.78, 5) is 42.3. The van der Waals surface area contributed by atoms with E-state index in [-0.39, 0.29) is 55.1 Å². The zero-order chi connectivity index (χ0) is 33.5. The van der Waals surface area contributed by atoms with Gasteiger partial charge in [-0.15, -0.1) is 0 Å². The van der Waals surface area contributed by atoms with Crippen molar-refractivity contribution in [3.8, 4) is 5.75 Å². The van der Waals surface area contributed by atoms with Crippen LogP contribution in [0.1, 0.15) is 52.2 Å². The number of piperazine rings is 1. The molecule has 1 aliphatic rings. The molecule has 1 saturated heterocycles. The van der Waals surface area contributed by atoms with E-state index in [9.17, 15) is 14.4 Å². The summed E-state index contributed by atoms with van der Waals surface area (Å²) in [6.45, 7) is 13.8. The highest BCUT2D eigenvalue weighted by Gasteiger charge is 2.46. The Hall–Kier alpha value is -3.45. The molecule has 46 heavy (non-hydrogen) atoms. The maximum Gasteiger partial charge on any atom is 0.407 e. The number of alkyl carbamates (subject to hydrolysis) is 1. The van der Waals surface area contributed by atoms with Crippen molar-refractivity contribution in [1.29, 1.82) is 0 Å². The Morgan fingerprint density at radius 1 is 0.913 bits per heavy atom. The fourth-order valence-corrected chi connectivity index (χ4v) is 9.35. The van der Waals surface area contributed by atoms with Gasteiger partial charge in [-0.3, -0.25) is 14.5 Å². The summed E-state index contributed by atoms with van der Waals surface area (Å²) in [5, 5.41) is 5.69. The number of carbonyl (C=O) groups is 3. The molecular weight excluding hydrogens is 604 g/mol. The number of benzene rings is 2. The van der Waals surface area contributed by atoms with Gasteiger partial charge in [0.15, 0.2) is 0 Å². The number of carbonyl (C=O) groups excluding carboxylic acids is 3. The number of ether oxygens (including phenoxy) is 2. The first-order chi connectivity index (χ1) is 22.1. The normalized spacial score (nSPS) is 15.6. The Balaban J connectivity index is 1.59. The Bertz CT molecular complexity index is 1220. The Labute approximate surface area is 275 Å². The molecule has 1 atom stereocenters. The third kappa shape index (κ3) is 11.1. The van der Waals surface area contributed by atoms with Gasteiger partial charge in [-0.1, -0.05) is 70.2 Å². The maximum absolute atomic E-state index is 13.2. The van der Waals surface area contributed by atoms with Gasteiger partial charge in [-0.25, -0.2) is 4.79 Å². The van der Waals surface area contributed by atoms with Crippen molar-refractivity contribution in [2.45, 2.75) is 71.3 Å². The lowest BCUT2D eigenvalue weighted by molar-refractivity contribution is -0.135. The first kappa shape index (κ1) is 37.0. The highest BCUT2D eigenvalue weighted by Crippen LogP contribution is 2.35. The average molecular weight is 657 g/mol. The van der Waals surface area contributed by atoms with Gasteiger partial charge < -0.3 is 33.9 Å². The number of nitrogens with zero attached hydrogens (tertiary/aromatic N) is 2. The topological polar surface area (TPSA) is 119 Å². The van der Waals surface area contributed by atoms with Crippen molar-refractivity contribution in [1.82, 2.24) is 20.4 Å².